The van der Waals surface area contributed by atoms with Gasteiger partial charge in [-0.1, -0.05) is 6.08 Å². The highest BCUT2D eigenvalue weighted by atomic mass is 16.6. The number of β-amino-alcohol motifs (C(OH)–C–C–N with tert-alkyl or cyclic N) is 1. The molecule has 0 aromatic rings. The van der Waals surface area contributed by atoms with Crippen LogP contribution in [0.2, 0.25) is 0 Å². The molecule has 4 heteroatoms. The van der Waals surface area contributed by atoms with E-state index >= 15 is 0 Å². The van der Waals surface area contributed by atoms with Crippen molar-refractivity contribution in [3.8, 4) is 0 Å². The molecule has 1 heterocycles. The molecule has 1 saturated heterocycles. The lowest BCUT2D eigenvalue weighted by Crippen LogP contribution is -2.35. The van der Waals surface area contributed by atoms with Crippen LogP contribution in [0.3, 0.4) is 0 Å². The largest absolute Gasteiger partial charge is 0.444 e. The van der Waals surface area contributed by atoms with Crippen molar-refractivity contribution in [2.24, 2.45) is 5.92 Å². The highest BCUT2D eigenvalue weighted by molar-refractivity contribution is 5.68. The highest BCUT2D eigenvalue weighted by Gasteiger charge is 2.34. The lowest BCUT2D eigenvalue weighted by Gasteiger charge is -2.24. The molecule has 1 fully saturated rings. The monoisotopic (exact) mass is 213 g/mol. The zero-order valence-electron chi connectivity index (χ0n) is 9.56. The number of hydrogen-bond acceptors (Lipinski definition) is 3. The van der Waals surface area contributed by atoms with Crippen LogP contribution in [0.5, 0.6) is 0 Å². The van der Waals surface area contributed by atoms with Gasteiger partial charge in [0.15, 0.2) is 0 Å². The Morgan fingerprint density at radius 2 is 2.13 bits per heavy atom. The van der Waals surface area contributed by atoms with Gasteiger partial charge in [0.1, 0.15) is 5.60 Å². The van der Waals surface area contributed by atoms with Crippen LogP contribution in [0.4, 0.5) is 4.79 Å². The summed E-state index contributed by atoms with van der Waals surface area (Å²) in [5.74, 6) is -0.0440. The summed E-state index contributed by atoms with van der Waals surface area (Å²) in [4.78, 5) is 13.1. The summed E-state index contributed by atoms with van der Waals surface area (Å²) in [6, 6.07) is 0. The first-order valence-electron chi connectivity index (χ1n) is 5.12. The Hall–Kier alpha value is -1.03. The minimum absolute atomic E-state index is 0.0440. The van der Waals surface area contributed by atoms with Crippen LogP contribution in [-0.4, -0.2) is 40.9 Å². The molecule has 15 heavy (non-hydrogen) atoms. The highest BCUT2D eigenvalue weighted by Crippen LogP contribution is 2.20. The fourth-order valence-corrected chi connectivity index (χ4v) is 1.52. The molecule has 0 aliphatic carbocycles. The number of nitrogens with zero attached hydrogens (tertiary/aromatic N) is 1. The second kappa shape index (κ2) is 4.23. The maximum absolute atomic E-state index is 11.6. The summed E-state index contributed by atoms with van der Waals surface area (Å²) < 4.78 is 5.20. The molecule has 0 spiro atoms. The summed E-state index contributed by atoms with van der Waals surface area (Å²) >= 11 is 0. The molecule has 86 valence electrons. The van der Waals surface area contributed by atoms with E-state index in [-0.39, 0.29) is 12.0 Å². The van der Waals surface area contributed by atoms with Crippen LogP contribution in [-0.2, 0) is 4.74 Å². The van der Waals surface area contributed by atoms with Gasteiger partial charge < -0.3 is 14.7 Å². The summed E-state index contributed by atoms with van der Waals surface area (Å²) in [7, 11) is 0. The standard InChI is InChI=1S/C11H19NO3/c1-5-8-6-12(7-9(8)13)10(14)15-11(2,3)4/h5,8-9,13H,1,6-7H2,2-4H3. The summed E-state index contributed by atoms with van der Waals surface area (Å²) in [5, 5.41) is 9.59. The third-order valence-corrected chi connectivity index (χ3v) is 2.29. The molecule has 0 radical (unpaired) electrons. The van der Waals surface area contributed by atoms with Gasteiger partial charge in [-0.25, -0.2) is 4.79 Å². The Balaban J connectivity index is 2.53. The Bertz CT molecular complexity index is 257. The summed E-state index contributed by atoms with van der Waals surface area (Å²) in [6.45, 7) is 9.90. The van der Waals surface area contributed by atoms with E-state index in [2.05, 4.69) is 6.58 Å². The third-order valence-electron chi connectivity index (χ3n) is 2.29. The second-order valence-electron chi connectivity index (χ2n) is 4.85. The third kappa shape index (κ3) is 3.23. The van der Waals surface area contributed by atoms with Gasteiger partial charge in [0.05, 0.1) is 12.6 Å². The van der Waals surface area contributed by atoms with E-state index in [0.29, 0.717) is 13.1 Å². The molecule has 4 nitrogen and oxygen atoms in total. The fourth-order valence-electron chi connectivity index (χ4n) is 1.52. The van der Waals surface area contributed by atoms with Crippen molar-refractivity contribution in [2.45, 2.75) is 32.5 Å². The first-order valence-corrected chi connectivity index (χ1v) is 5.12. The van der Waals surface area contributed by atoms with E-state index in [1.165, 1.54) is 4.90 Å². The molecular formula is C11H19NO3. The quantitative estimate of drug-likeness (QED) is 0.670. The molecule has 2 unspecified atom stereocenters. The molecule has 0 bridgehead atoms. The van der Waals surface area contributed by atoms with E-state index in [4.69, 9.17) is 4.74 Å². The van der Waals surface area contributed by atoms with Crippen LogP contribution in [0, 0.1) is 5.92 Å². The van der Waals surface area contributed by atoms with Crippen LogP contribution in [0.1, 0.15) is 20.8 Å². The van der Waals surface area contributed by atoms with E-state index < -0.39 is 11.7 Å². The minimum Gasteiger partial charge on any atom is -0.444 e. The first-order chi connectivity index (χ1) is 6.83. The number of rotatable bonds is 1. The van der Waals surface area contributed by atoms with Gasteiger partial charge in [0.25, 0.3) is 0 Å². The number of carbonyl (C=O) groups is 1. The van der Waals surface area contributed by atoms with Crippen molar-refractivity contribution < 1.29 is 14.6 Å². The van der Waals surface area contributed by atoms with Crippen molar-refractivity contribution in [1.29, 1.82) is 0 Å². The van der Waals surface area contributed by atoms with E-state index in [0.717, 1.165) is 0 Å². The Kier molecular flexibility index (Phi) is 3.39. The van der Waals surface area contributed by atoms with Crippen molar-refractivity contribution in [2.75, 3.05) is 13.1 Å². The molecule has 2 atom stereocenters. The van der Waals surface area contributed by atoms with Gasteiger partial charge in [-0.15, -0.1) is 6.58 Å². The first kappa shape index (κ1) is 12.0. The maximum Gasteiger partial charge on any atom is 0.410 e. The summed E-state index contributed by atoms with van der Waals surface area (Å²) in [6.07, 6.45) is 0.788. The van der Waals surface area contributed by atoms with Crippen molar-refractivity contribution in [3.63, 3.8) is 0 Å². The van der Waals surface area contributed by atoms with Crippen LogP contribution < -0.4 is 0 Å². The fraction of sp³-hybridized carbons (Fsp3) is 0.727. The second-order valence-corrected chi connectivity index (χ2v) is 4.85. The number of ether oxygens (including phenoxy) is 1. The molecule has 1 amide bonds. The molecule has 1 aliphatic heterocycles. The van der Waals surface area contributed by atoms with Crippen LogP contribution in [0.15, 0.2) is 12.7 Å². The van der Waals surface area contributed by atoms with Gasteiger partial charge in [-0.3, -0.25) is 0 Å². The average molecular weight is 213 g/mol. The van der Waals surface area contributed by atoms with Crippen molar-refractivity contribution in [1.82, 2.24) is 4.90 Å². The number of aliphatic hydroxyl groups is 1. The number of aliphatic hydroxyl groups excluding tert-OH is 1. The lowest BCUT2D eigenvalue weighted by atomic mass is 10.1. The molecule has 0 saturated carbocycles. The summed E-state index contributed by atoms with van der Waals surface area (Å²) in [5.41, 5.74) is -0.492. The Morgan fingerprint density at radius 1 is 1.53 bits per heavy atom. The predicted molar refractivity (Wildman–Crippen MR) is 57.5 cm³/mol. The van der Waals surface area contributed by atoms with Crippen LogP contribution >= 0.6 is 0 Å². The van der Waals surface area contributed by atoms with Gasteiger partial charge in [-0.05, 0) is 20.8 Å². The topological polar surface area (TPSA) is 49.8 Å². The molecule has 1 rings (SSSR count). The Labute approximate surface area is 90.5 Å². The number of carbonyl (C=O) groups excluding carboxylic acids is 1. The van der Waals surface area contributed by atoms with Crippen LogP contribution in [0.25, 0.3) is 0 Å². The zero-order valence-corrected chi connectivity index (χ0v) is 9.56. The average Bonchev–Trinajstić information content (AvgIpc) is 2.43. The lowest BCUT2D eigenvalue weighted by molar-refractivity contribution is 0.0270. The van der Waals surface area contributed by atoms with E-state index in [1.54, 1.807) is 6.08 Å². The maximum atomic E-state index is 11.6. The smallest absolute Gasteiger partial charge is 0.410 e. The van der Waals surface area contributed by atoms with Gasteiger partial charge in [0.2, 0.25) is 0 Å². The van der Waals surface area contributed by atoms with E-state index in [9.17, 15) is 9.90 Å². The molecule has 1 aliphatic rings. The number of hydrogen-bond donors (Lipinski definition) is 1. The SMILES string of the molecule is C=CC1CN(C(=O)OC(C)(C)C)CC1O. The molecule has 0 aromatic carbocycles. The van der Waals surface area contributed by atoms with Gasteiger partial charge in [0, 0.05) is 12.5 Å². The van der Waals surface area contributed by atoms with E-state index in [1.807, 2.05) is 20.8 Å². The zero-order chi connectivity index (χ0) is 11.6. The van der Waals surface area contributed by atoms with Crippen molar-refractivity contribution in [3.05, 3.63) is 12.7 Å². The molecular weight excluding hydrogens is 194 g/mol. The molecule has 0 aromatic heterocycles. The number of likely N-dealkylation sites (tertiary alicyclic amines) is 1. The Morgan fingerprint density at radius 3 is 2.53 bits per heavy atom. The molecule has 1 N–H and O–H groups in total. The van der Waals surface area contributed by atoms with Crippen molar-refractivity contribution >= 4 is 6.09 Å². The number of amides is 1. The normalized spacial score (nSPS) is 26.5. The minimum atomic E-state index is -0.519. The van der Waals surface area contributed by atoms with Gasteiger partial charge >= 0.3 is 6.09 Å². The predicted octanol–water partition coefficient (Wildman–Crippen LogP) is 1.40. The van der Waals surface area contributed by atoms with Gasteiger partial charge in [-0.2, -0.15) is 0 Å².